The Balaban J connectivity index is 2.85. The Morgan fingerprint density at radius 2 is 1.84 bits per heavy atom. The number of benzene rings is 1. The Hall–Kier alpha value is -1.46. The van der Waals surface area contributed by atoms with E-state index in [0.717, 1.165) is 5.56 Å². The van der Waals surface area contributed by atoms with Crippen LogP contribution in [-0.2, 0) is 4.79 Å². The van der Waals surface area contributed by atoms with Crippen molar-refractivity contribution >= 4 is 23.1 Å². The third kappa shape index (κ3) is 4.96. The van der Waals surface area contributed by atoms with Crippen LogP contribution in [0.3, 0.4) is 0 Å². The number of rotatable bonds is 6. The Morgan fingerprint density at radius 1 is 1.26 bits per heavy atom. The molecule has 0 aliphatic carbocycles. The van der Waals surface area contributed by atoms with Gasteiger partial charge in [0, 0.05) is 26.6 Å². The minimum Gasteiger partial charge on any atom is -0.393 e. The molecule has 0 heterocycles. The zero-order valence-electron chi connectivity index (χ0n) is 11.7. The molecular weight excluding hydrogens is 258 g/mol. The lowest BCUT2D eigenvalue weighted by atomic mass is 10.0. The van der Waals surface area contributed by atoms with E-state index in [2.05, 4.69) is 0 Å². The van der Waals surface area contributed by atoms with Crippen molar-refractivity contribution in [1.29, 1.82) is 0 Å². The van der Waals surface area contributed by atoms with Gasteiger partial charge in [-0.25, -0.2) is 0 Å². The predicted octanol–water partition coefficient (Wildman–Crippen LogP) is 1.42. The van der Waals surface area contributed by atoms with Gasteiger partial charge in [-0.1, -0.05) is 42.5 Å². The monoisotopic (exact) mass is 279 g/mol. The summed E-state index contributed by atoms with van der Waals surface area (Å²) in [6.45, 7) is 0.342. The lowest BCUT2D eigenvalue weighted by molar-refractivity contribution is -0.130. The molecule has 0 aliphatic rings. The van der Waals surface area contributed by atoms with Crippen LogP contribution in [0.2, 0.25) is 0 Å². The van der Waals surface area contributed by atoms with Crippen LogP contribution in [0.1, 0.15) is 18.0 Å². The molecule has 1 rings (SSSR count). The van der Waals surface area contributed by atoms with Crippen LogP contribution in [0.4, 0.5) is 0 Å². The maximum Gasteiger partial charge on any atom is 0.236 e. The van der Waals surface area contributed by atoms with Gasteiger partial charge < -0.3 is 10.6 Å². The standard InChI is InChI=1S/C14H21N3OS/c1-16(2)14(18)10-17(3)12(9-13(15)19)11-7-5-4-6-8-11/h4-8,12H,9-10H2,1-3H3,(H2,15,19). The molecule has 0 bridgehead atoms. The van der Waals surface area contributed by atoms with E-state index in [-0.39, 0.29) is 11.9 Å². The smallest absolute Gasteiger partial charge is 0.236 e. The fraction of sp³-hybridized carbons (Fsp3) is 0.429. The van der Waals surface area contributed by atoms with E-state index in [1.807, 2.05) is 42.3 Å². The zero-order chi connectivity index (χ0) is 14.4. The maximum absolute atomic E-state index is 11.8. The van der Waals surface area contributed by atoms with Gasteiger partial charge in [0.1, 0.15) is 0 Å². The lowest BCUT2D eigenvalue weighted by Crippen LogP contribution is -2.37. The molecule has 5 heteroatoms. The third-order valence-corrected chi connectivity index (χ3v) is 3.16. The molecule has 104 valence electrons. The quantitative estimate of drug-likeness (QED) is 0.800. The van der Waals surface area contributed by atoms with Crippen molar-refractivity contribution in [2.75, 3.05) is 27.7 Å². The molecule has 1 aromatic carbocycles. The highest BCUT2D eigenvalue weighted by Crippen LogP contribution is 2.22. The number of hydrogen-bond acceptors (Lipinski definition) is 3. The minimum atomic E-state index is 0.0302. The molecule has 19 heavy (non-hydrogen) atoms. The number of amides is 1. The summed E-state index contributed by atoms with van der Waals surface area (Å²) in [5, 5.41) is 0. The molecule has 1 aromatic rings. The van der Waals surface area contributed by atoms with Crippen LogP contribution in [0.15, 0.2) is 30.3 Å². The van der Waals surface area contributed by atoms with Crippen LogP contribution in [0.5, 0.6) is 0 Å². The van der Waals surface area contributed by atoms with Crippen molar-refractivity contribution in [2.24, 2.45) is 5.73 Å². The second-order valence-electron chi connectivity index (χ2n) is 4.80. The third-order valence-electron chi connectivity index (χ3n) is 2.99. The van der Waals surface area contributed by atoms with E-state index in [4.69, 9.17) is 18.0 Å². The van der Waals surface area contributed by atoms with E-state index >= 15 is 0 Å². The summed E-state index contributed by atoms with van der Waals surface area (Å²) in [6.07, 6.45) is 0.566. The number of nitrogens with two attached hydrogens (primary N) is 1. The van der Waals surface area contributed by atoms with Gasteiger partial charge in [0.25, 0.3) is 0 Å². The van der Waals surface area contributed by atoms with E-state index in [1.54, 1.807) is 19.0 Å². The van der Waals surface area contributed by atoms with Gasteiger partial charge in [0.05, 0.1) is 11.5 Å². The summed E-state index contributed by atoms with van der Waals surface area (Å²) in [5.41, 5.74) is 6.78. The molecule has 2 N–H and O–H groups in total. The van der Waals surface area contributed by atoms with Gasteiger partial charge in [0.15, 0.2) is 0 Å². The normalized spacial score (nSPS) is 12.2. The van der Waals surface area contributed by atoms with E-state index in [0.29, 0.717) is 18.0 Å². The van der Waals surface area contributed by atoms with Gasteiger partial charge in [-0.3, -0.25) is 9.69 Å². The average Bonchev–Trinajstić information content (AvgIpc) is 2.36. The first-order chi connectivity index (χ1) is 8.91. The Morgan fingerprint density at radius 3 is 2.32 bits per heavy atom. The maximum atomic E-state index is 11.8. The van der Waals surface area contributed by atoms with Crippen LogP contribution in [0.25, 0.3) is 0 Å². The topological polar surface area (TPSA) is 49.6 Å². The largest absolute Gasteiger partial charge is 0.393 e. The highest BCUT2D eigenvalue weighted by molar-refractivity contribution is 7.80. The van der Waals surface area contributed by atoms with Crippen LogP contribution >= 0.6 is 12.2 Å². The molecule has 0 saturated carbocycles. The van der Waals surface area contributed by atoms with E-state index < -0.39 is 0 Å². The van der Waals surface area contributed by atoms with Gasteiger partial charge >= 0.3 is 0 Å². The molecule has 0 radical (unpaired) electrons. The van der Waals surface area contributed by atoms with Crippen LogP contribution < -0.4 is 5.73 Å². The number of hydrogen-bond donors (Lipinski definition) is 1. The molecule has 0 saturated heterocycles. The molecule has 1 unspecified atom stereocenters. The molecule has 0 aromatic heterocycles. The van der Waals surface area contributed by atoms with Crippen molar-refractivity contribution in [3.05, 3.63) is 35.9 Å². The van der Waals surface area contributed by atoms with Gasteiger partial charge in [-0.05, 0) is 12.6 Å². The van der Waals surface area contributed by atoms with E-state index in [9.17, 15) is 4.79 Å². The lowest BCUT2D eigenvalue weighted by Gasteiger charge is -2.28. The minimum absolute atomic E-state index is 0.0302. The Bertz CT molecular complexity index is 434. The molecule has 4 nitrogen and oxygen atoms in total. The first-order valence-electron chi connectivity index (χ1n) is 6.15. The predicted molar refractivity (Wildman–Crippen MR) is 81.9 cm³/mol. The molecule has 0 spiro atoms. The molecule has 0 fully saturated rings. The fourth-order valence-electron chi connectivity index (χ4n) is 1.86. The highest BCUT2D eigenvalue weighted by Gasteiger charge is 2.20. The van der Waals surface area contributed by atoms with Gasteiger partial charge in [-0.2, -0.15) is 0 Å². The number of carbonyl (C=O) groups is 1. The number of nitrogens with zero attached hydrogens (tertiary/aromatic N) is 2. The Kier molecular flexibility index (Phi) is 5.92. The van der Waals surface area contributed by atoms with Crippen molar-refractivity contribution < 1.29 is 4.79 Å². The summed E-state index contributed by atoms with van der Waals surface area (Å²) in [4.78, 5) is 15.8. The van der Waals surface area contributed by atoms with Crippen LogP contribution in [-0.4, -0.2) is 48.4 Å². The zero-order valence-corrected chi connectivity index (χ0v) is 12.5. The van der Waals surface area contributed by atoms with Crippen LogP contribution in [0, 0.1) is 0 Å². The number of thiocarbonyl (C=S) groups is 1. The second-order valence-corrected chi connectivity index (χ2v) is 5.32. The van der Waals surface area contributed by atoms with Crippen molar-refractivity contribution in [2.45, 2.75) is 12.5 Å². The SMILES string of the molecule is CN(C)C(=O)CN(C)C(CC(N)=S)c1ccccc1. The molecule has 1 amide bonds. The van der Waals surface area contributed by atoms with Gasteiger partial charge in [0.2, 0.25) is 5.91 Å². The number of carbonyl (C=O) groups excluding carboxylic acids is 1. The molecule has 0 aliphatic heterocycles. The molecule has 1 atom stereocenters. The fourth-order valence-corrected chi connectivity index (χ4v) is 2.02. The van der Waals surface area contributed by atoms with Crippen molar-refractivity contribution in [3.63, 3.8) is 0 Å². The summed E-state index contributed by atoms with van der Waals surface area (Å²) in [6, 6.07) is 10.0. The Labute approximate surface area is 120 Å². The van der Waals surface area contributed by atoms with Gasteiger partial charge in [-0.15, -0.1) is 0 Å². The summed E-state index contributed by atoms with van der Waals surface area (Å²) in [5.74, 6) is 0.0615. The molecular formula is C14H21N3OS. The number of likely N-dealkylation sites (N-methyl/N-ethyl adjacent to an activating group) is 2. The summed E-state index contributed by atoms with van der Waals surface area (Å²) in [7, 11) is 5.42. The second kappa shape index (κ2) is 7.21. The van der Waals surface area contributed by atoms with E-state index in [1.165, 1.54) is 0 Å². The first-order valence-corrected chi connectivity index (χ1v) is 6.56. The summed E-state index contributed by atoms with van der Waals surface area (Å²) < 4.78 is 0. The van der Waals surface area contributed by atoms with Crippen molar-refractivity contribution in [1.82, 2.24) is 9.80 Å². The highest BCUT2D eigenvalue weighted by atomic mass is 32.1. The average molecular weight is 279 g/mol. The summed E-state index contributed by atoms with van der Waals surface area (Å²) >= 11 is 5.01. The van der Waals surface area contributed by atoms with Crippen molar-refractivity contribution in [3.8, 4) is 0 Å². The first kappa shape index (κ1) is 15.6.